The molecule has 2 atom stereocenters. The Labute approximate surface area is 114 Å². The van der Waals surface area contributed by atoms with Crippen molar-refractivity contribution in [2.75, 3.05) is 26.7 Å². The Morgan fingerprint density at radius 2 is 2.16 bits per heavy atom. The number of carboxylic acid groups (broad SMARTS) is 1. The molecule has 2 amide bonds. The number of hydrogen-bond donors (Lipinski definition) is 3. The molecule has 0 bridgehead atoms. The summed E-state index contributed by atoms with van der Waals surface area (Å²) in [5, 5.41) is 14.4. The lowest BCUT2D eigenvalue weighted by atomic mass is 9.98. The third-order valence-corrected chi connectivity index (χ3v) is 3.84. The van der Waals surface area contributed by atoms with Crippen molar-refractivity contribution in [3.63, 3.8) is 0 Å². The van der Waals surface area contributed by atoms with E-state index < -0.39 is 17.5 Å². The molecule has 0 spiro atoms. The van der Waals surface area contributed by atoms with Crippen molar-refractivity contribution in [2.45, 2.75) is 38.6 Å². The predicted molar refractivity (Wildman–Crippen MR) is 73.1 cm³/mol. The molecule has 1 heterocycles. The Morgan fingerprint density at radius 1 is 1.47 bits per heavy atom. The summed E-state index contributed by atoms with van der Waals surface area (Å²) in [5.41, 5.74) is -1.20. The molecule has 0 aromatic carbocycles. The molecule has 1 aliphatic heterocycles. The lowest BCUT2D eigenvalue weighted by Gasteiger charge is -2.30. The van der Waals surface area contributed by atoms with Gasteiger partial charge in [0.2, 0.25) is 0 Å². The first kappa shape index (κ1) is 15.8. The van der Waals surface area contributed by atoms with Crippen LogP contribution in [0.2, 0.25) is 0 Å². The van der Waals surface area contributed by atoms with E-state index in [4.69, 9.17) is 5.11 Å². The number of carboxylic acids is 1. The van der Waals surface area contributed by atoms with E-state index in [2.05, 4.69) is 22.6 Å². The molecule has 1 aliphatic rings. The average Bonchev–Trinajstić information content (AvgIpc) is 2.36. The van der Waals surface area contributed by atoms with E-state index in [-0.39, 0.29) is 0 Å². The summed E-state index contributed by atoms with van der Waals surface area (Å²) in [6, 6.07) is -0.403. The fraction of sp³-hybridized carbons (Fsp3) is 0.846. The topological polar surface area (TPSA) is 81.7 Å². The molecule has 0 saturated carbocycles. The summed E-state index contributed by atoms with van der Waals surface area (Å²) in [5.74, 6) is -0.565. The van der Waals surface area contributed by atoms with Crippen molar-refractivity contribution in [2.24, 2.45) is 5.92 Å². The molecule has 0 aromatic heterocycles. The number of hydrogen-bond acceptors (Lipinski definition) is 3. The Hall–Kier alpha value is -1.30. The highest BCUT2D eigenvalue weighted by Crippen LogP contribution is 2.14. The van der Waals surface area contributed by atoms with E-state index in [1.807, 2.05) is 0 Å². The minimum Gasteiger partial charge on any atom is -0.480 e. The van der Waals surface area contributed by atoms with Crippen LogP contribution in [0.15, 0.2) is 0 Å². The van der Waals surface area contributed by atoms with E-state index in [0.29, 0.717) is 18.9 Å². The summed E-state index contributed by atoms with van der Waals surface area (Å²) in [7, 11) is 2.07. The number of rotatable bonds is 5. The van der Waals surface area contributed by atoms with Crippen LogP contribution in [0.5, 0.6) is 0 Å². The smallest absolute Gasteiger partial charge is 0.329 e. The van der Waals surface area contributed by atoms with Crippen molar-refractivity contribution < 1.29 is 14.7 Å². The maximum Gasteiger partial charge on any atom is 0.329 e. The second kappa shape index (κ2) is 6.75. The van der Waals surface area contributed by atoms with Gasteiger partial charge in [0, 0.05) is 13.1 Å². The molecule has 110 valence electrons. The van der Waals surface area contributed by atoms with Gasteiger partial charge in [-0.3, -0.25) is 0 Å². The zero-order valence-electron chi connectivity index (χ0n) is 12.0. The number of carbonyl (C=O) groups excluding carboxylic acids is 1. The average molecular weight is 271 g/mol. The molecule has 0 aliphatic carbocycles. The molecule has 0 aromatic rings. The molecule has 3 N–H and O–H groups in total. The minimum absolute atomic E-state index is 0.349. The van der Waals surface area contributed by atoms with Crippen LogP contribution in [0.3, 0.4) is 0 Å². The minimum atomic E-state index is -1.20. The van der Waals surface area contributed by atoms with Crippen molar-refractivity contribution in [1.82, 2.24) is 15.5 Å². The van der Waals surface area contributed by atoms with Crippen molar-refractivity contribution >= 4 is 12.0 Å². The third-order valence-electron chi connectivity index (χ3n) is 3.84. The molecule has 2 unspecified atom stereocenters. The van der Waals surface area contributed by atoms with Gasteiger partial charge in [0.25, 0.3) is 0 Å². The summed E-state index contributed by atoms with van der Waals surface area (Å²) in [4.78, 5) is 25.1. The zero-order valence-corrected chi connectivity index (χ0v) is 12.0. The number of urea groups is 1. The summed E-state index contributed by atoms with van der Waals surface area (Å²) in [6.45, 7) is 5.93. The Balaban J connectivity index is 2.37. The van der Waals surface area contributed by atoms with E-state index in [1.54, 1.807) is 6.92 Å². The van der Waals surface area contributed by atoms with Crippen molar-refractivity contribution in [3.8, 4) is 0 Å². The van der Waals surface area contributed by atoms with Crippen molar-refractivity contribution in [1.29, 1.82) is 0 Å². The fourth-order valence-corrected chi connectivity index (χ4v) is 2.26. The summed E-state index contributed by atoms with van der Waals surface area (Å²) < 4.78 is 0. The highest BCUT2D eigenvalue weighted by atomic mass is 16.4. The normalized spacial score (nSPS) is 23.4. The van der Waals surface area contributed by atoms with E-state index in [9.17, 15) is 9.59 Å². The van der Waals surface area contributed by atoms with Crippen LogP contribution in [0.1, 0.15) is 33.1 Å². The molecule has 6 nitrogen and oxygen atoms in total. The highest BCUT2D eigenvalue weighted by molar-refractivity contribution is 5.85. The van der Waals surface area contributed by atoms with E-state index in [0.717, 1.165) is 25.9 Å². The van der Waals surface area contributed by atoms with Crippen LogP contribution in [0, 0.1) is 5.92 Å². The maximum absolute atomic E-state index is 11.7. The molecular formula is C13H25N3O3. The number of likely N-dealkylation sites (tertiary alicyclic amines) is 1. The second-order valence-electron chi connectivity index (χ2n) is 5.60. The quantitative estimate of drug-likeness (QED) is 0.693. The standard InChI is InChI=1S/C13H25N3O3/c1-4-13(2,11(17)18)15-12(19)14-8-10-6-5-7-16(3)9-10/h10H,4-9H2,1-3H3,(H,17,18)(H2,14,15,19). The molecule has 1 fully saturated rings. The number of nitrogens with zero attached hydrogens (tertiary/aromatic N) is 1. The first-order valence-electron chi connectivity index (χ1n) is 6.85. The molecular weight excluding hydrogens is 246 g/mol. The maximum atomic E-state index is 11.7. The van der Waals surface area contributed by atoms with Crippen LogP contribution in [-0.2, 0) is 4.79 Å². The lowest BCUT2D eigenvalue weighted by molar-refractivity contribution is -0.143. The second-order valence-corrected chi connectivity index (χ2v) is 5.60. The molecule has 0 radical (unpaired) electrons. The number of piperidine rings is 1. The van der Waals surface area contributed by atoms with Crippen LogP contribution in [0.25, 0.3) is 0 Å². The first-order chi connectivity index (χ1) is 8.87. The van der Waals surface area contributed by atoms with Crippen LogP contribution in [-0.4, -0.2) is 54.2 Å². The van der Waals surface area contributed by atoms with Gasteiger partial charge in [-0.05, 0) is 45.7 Å². The SMILES string of the molecule is CCC(C)(NC(=O)NCC1CCCN(C)C1)C(=O)O. The Bertz CT molecular complexity index is 335. The van der Waals surface area contributed by atoms with Crippen LogP contribution >= 0.6 is 0 Å². The van der Waals surface area contributed by atoms with Gasteiger partial charge in [-0.25, -0.2) is 9.59 Å². The molecule has 1 rings (SSSR count). The van der Waals surface area contributed by atoms with Crippen LogP contribution in [0.4, 0.5) is 4.79 Å². The Morgan fingerprint density at radius 3 is 2.68 bits per heavy atom. The molecule has 6 heteroatoms. The fourth-order valence-electron chi connectivity index (χ4n) is 2.26. The van der Waals surface area contributed by atoms with Crippen molar-refractivity contribution in [3.05, 3.63) is 0 Å². The van der Waals surface area contributed by atoms with Gasteiger partial charge < -0.3 is 20.6 Å². The van der Waals surface area contributed by atoms with Gasteiger partial charge >= 0.3 is 12.0 Å². The van der Waals surface area contributed by atoms with Gasteiger partial charge in [-0.1, -0.05) is 6.92 Å². The van der Waals surface area contributed by atoms with Gasteiger partial charge in [-0.2, -0.15) is 0 Å². The van der Waals surface area contributed by atoms with E-state index >= 15 is 0 Å². The summed E-state index contributed by atoms with van der Waals surface area (Å²) in [6.07, 6.45) is 2.60. The molecule has 19 heavy (non-hydrogen) atoms. The molecule has 1 saturated heterocycles. The van der Waals surface area contributed by atoms with Gasteiger partial charge in [0.05, 0.1) is 0 Å². The van der Waals surface area contributed by atoms with Gasteiger partial charge in [0.1, 0.15) is 5.54 Å². The first-order valence-corrected chi connectivity index (χ1v) is 6.85. The van der Waals surface area contributed by atoms with Gasteiger partial charge in [0.15, 0.2) is 0 Å². The zero-order chi connectivity index (χ0) is 14.5. The lowest BCUT2D eigenvalue weighted by Crippen LogP contribution is -2.55. The number of carbonyl (C=O) groups is 2. The Kier molecular flexibility index (Phi) is 5.60. The largest absolute Gasteiger partial charge is 0.480 e. The van der Waals surface area contributed by atoms with Gasteiger partial charge in [-0.15, -0.1) is 0 Å². The van der Waals surface area contributed by atoms with E-state index in [1.165, 1.54) is 6.92 Å². The summed E-state index contributed by atoms with van der Waals surface area (Å²) >= 11 is 0. The van der Waals surface area contributed by atoms with Crippen LogP contribution < -0.4 is 10.6 Å². The predicted octanol–water partition coefficient (Wildman–Crippen LogP) is 0.881. The third kappa shape index (κ3) is 4.70. The number of nitrogens with one attached hydrogen (secondary N) is 2. The number of amides is 2. The highest BCUT2D eigenvalue weighted by Gasteiger charge is 2.32. The number of aliphatic carboxylic acids is 1. The monoisotopic (exact) mass is 271 g/mol.